The summed E-state index contributed by atoms with van der Waals surface area (Å²) in [5, 5.41) is 2.76. The molecule has 2 aromatic rings. The van der Waals surface area contributed by atoms with Crippen molar-refractivity contribution in [1.29, 1.82) is 0 Å². The molecule has 136 valence electrons. The number of benzene rings is 2. The molecule has 1 heterocycles. The van der Waals surface area contributed by atoms with Crippen LogP contribution in [0.25, 0.3) is 0 Å². The molecule has 26 heavy (non-hydrogen) atoms. The molecule has 1 aliphatic heterocycles. The van der Waals surface area contributed by atoms with E-state index in [1.165, 1.54) is 7.11 Å². The summed E-state index contributed by atoms with van der Waals surface area (Å²) in [6.07, 6.45) is 0. The summed E-state index contributed by atoms with van der Waals surface area (Å²) in [6.45, 7) is 2.28. The van der Waals surface area contributed by atoms with Gasteiger partial charge in [0.15, 0.2) is 24.7 Å². The Morgan fingerprint density at radius 2 is 2.00 bits per heavy atom. The summed E-state index contributed by atoms with van der Waals surface area (Å²) in [5.41, 5.74) is 1.21. The summed E-state index contributed by atoms with van der Waals surface area (Å²) in [5.74, 6) is 1.25. The lowest BCUT2D eigenvalue weighted by molar-refractivity contribution is -0.121. The van der Waals surface area contributed by atoms with Crippen LogP contribution < -0.4 is 24.4 Å². The van der Waals surface area contributed by atoms with Gasteiger partial charge in [-0.25, -0.2) is 0 Å². The van der Waals surface area contributed by atoms with Crippen molar-refractivity contribution >= 4 is 23.2 Å². The van der Waals surface area contributed by atoms with Crippen LogP contribution in [0.4, 0.5) is 11.4 Å². The van der Waals surface area contributed by atoms with Crippen LogP contribution in [0.2, 0.25) is 0 Å². The van der Waals surface area contributed by atoms with Crippen LogP contribution in [0.5, 0.6) is 17.2 Å². The molecule has 1 aliphatic rings. The topological polar surface area (TPSA) is 77.1 Å². The van der Waals surface area contributed by atoms with Gasteiger partial charge in [-0.3, -0.25) is 9.59 Å². The summed E-state index contributed by atoms with van der Waals surface area (Å²) in [4.78, 5) is 25.7. The minimum Gasteiger partial charge on any atom is -0.493 e. The van der Waals surface area contributed by atoms with Crippen molar-refractivity contribution in [1.82, 2.24) is 0 Å². The molecular formula is C19H20N2O5. The largest absolute Gasteiger partial charge is 0.493 e. The van der Waals surface area contributed by atoms with Gasteiger partial charge >= 0.3 is 0 Å². The first kappa shape index (κ1) is 17.6. The second kappa shape index (κ2) is 7.77. The van der Waals surface area contributed by atoms with Crippen molar-refractivity contribution in [2.45, 2.75) is 6.92 Å². The fraction of sp³-hybridized carbons (Fsp3) is 0.263. The first-order valence-corrected chi connectivity index (χ1v) is 8.25. The Bertz CT molecular complexity index is 821. The Labute approximate surface area is 151 Å². The highest BCUT2D eigenvalue weighted by atomic mass is 16.5. The van der Waals surface area contributed by atoms with Gasteiger partial charge in [0.2, 0.25) is 0 Å². The number of likely N-dealkylation sites (N-methyl/N-ethyl adjacent to an activating group) is 1. The molecule has 3 rings (SSSR count). The zero-order chi connectivity index (χ0) is 18.5. The van der Waals surface area contributed by atoms with Gasteiger partial charge in [-0.2, -0.15) is 0 Å². The molecule has 0 saturated carbocycles. The quantitative estimate of drug-likeness (QED) is 0.860. The van der Waals surface area contributed by atoms with Gasteiger partial charge < -0.3 is 24.4 Å². The zero-order valence-corrected chi connectivity index (χ0v) is 14.7. The molecule has 7 heteroatoms. The molecule has 0 spiro atoms. The van der Waals surface area contributed by atoms with Crippen molar-refractivity contribution < 1.29 is 23.8 Å². The van der Waals surface area contributed by atoms with E-state index in [4.69, 9.17) is 14.2 Å². The summed E-state index contributed by atoms with van der Waals surface area (Å²) >= 11 is 0. The number of carbonyl (C=O) groups is 2. The predicted molar refractivity (Wildman–Crippen MR) is 97.1 cm³/mol. The molecule has 1 N–H and O–H groups in total. The second-order valence-corrected chi connectivity index (χ2v) is 5.60. The normalized spacial score (nSPS) is 12.8. The Morgan fingerprint density at radius 3 is 2.73 bits per heavy atom. The first-order valence-electron chi connectivity index (χ1n) is 8.25. The Morgan fingerprint density at radius 1 is 1.23 bits per heavy atom. The maximum atomic E-state index is 12.2. The van der Waals surface area contributed by atoms with Crippen molar-refractivity contribution in [3.8, 4) is 17.2 Å². The minimum atomic E-state index is -0.318. The van der Waals surface area contributed by atoms with E-state index in [9.17, 15) is 9.59 Å². The number of para-hydroxylation sites is 2. The third-order valence-electron chi connectivity index (χ3n) is 3.93. The van der Waals surface area contributed by atoms with Crippen LogP contribution in [0, 0.1) is 0 Å². The summed E-state index contributed by atoms with van der Waals surface area (Å²) < 4.78 is 16.1. The van der Waals surface area contributed by atoms with Gasteiger partial charge in [0.1, 0.15) is 5.75 Å². The highest BCUT2D eigenvalue weighted by Gasteiger charge is 2.24. The number of hydrogen-bond donors (Lipinski definition) is 1. The Kier molecular flexibility index (Phi) is 5.26. The van der Waals surface area contributed by atoms with E-state index in [1.807, 2.05) is 13.0 Å². The van der Waals surface area contributed by atoms with Crippen LogP contribution in [0.3, 0.4) is 0 Å². The Hall–Kier alpha value is -3.22. The van der Waals surface area contributed by atoms with E-state index < -0.39 is 0 Å². The average Bonchev–Trinajstić information content (AvgIpc) is 2.66. The van der Waals surface area contributed by atoms with Gasteiger partial charge in [0, 0.05) is 12.2 Å². The van der Waals surface area contributed by atoms with Crippen molar-refractivity contribution in [3.63, 3.8) is 0 Å². The van der Waals surface area contributed by atoms with E-state index in [0.717, 1.165) is 0 Å². The van der Waals surface area contributed by atoms with Crippen LogP contribution in [0.15, 0.2) is 42.5 Å². The van der Waals surface area contributed by atoms with Crippen molar-refractivity contribution in [2.24, 2.45) is 0 Å². The minimum absolute atomic E-state index is 0.0271. The number of anilines is 2. The number of fused-ring (bicyclic) bond motifs is 1. The monoisotopic (exact) mass is 356 g/mol. The fourth-order valence-electron chi connectivity index (χ4n) is 2.70. The SMILES string of the molecule is CCN1C(=O)COc2ccc(NC(=O)COc3ccccc3OC)cc21. The van der Waals surface area contributed by atoms with Gasteiger partial charge in [0.05, 0.1) is 12.8 Å². The molecule has 0 atom stereocenters. The van der Waals surface area contributed by atoms with Crippen LogP contribution in [-0.2, 0) is 9.59 Å². The molecule has 7 nitrogen and oxygen atoms in total. The number of amides is 2. The van der Waals surface area contributed by atoms with Gasteiger partial charge in [-0.05, 0) is 37.3 Å². The molecular weight excluding hydrogens is 336 g/mol. The van der Waals surface area contributed by atoms with E-state index in [1.54, 1.807) is 41.3 Å². The summed E-state index contributed by atoms with van der Waals surface area (Å²) in [6, 6.07) is 12.3. The van der Waals surface area contributed by atoms with Crippen molar-refractivity contribution in [3.05, 3.63) is 42.5 Å². The highest BCUT2D eigenvalue weighted by Crippen LogP contribution is 2.34. The maximum absolute atomic E-state index is 12.2. The molecule has 0 unspecified atom stereocenters. The van der Waals surface area contributed by atoms with E-state index in [0.29, 0.717) is 35.2 Å². The van der Waals surface area contributed by atoms with Crippen LogP contribution in [0.1, 0.15) is 6.92 Å². The number of methoxy groups -OCH3 is 1. The lowest BCUT2D eigenvalue weighted by Crippen LogP contribution is -2.38. The third kappa shape index (κ3) is 3.72. The number of rotatable bonds is 6. The number of ether oxygens (including phenoxy) is 3. The molecule has 0 saturated heterocycles. The van der Waals surface area contributed by atoms with E-state index in [2.05, 4.69) is 5.32 Å². The fourth-order valence-corrected chi connectivity index (χ4v) is 2.70. The third-order valence-corrected chi connectivity index (χ3v) is 3.93. The Balaban J connectivity index is 1.66. The number of nitrogens with one attached hydrogen (secondary N) is 1. The maximum Gasteiger partial charge on any atom is 0.265 e. The molecule has 0 fully saturated rings. The molecule has 2 aromatic carbocycles. The van der Waals surface area contributed by atoms with Gasteiger partial charge in [0.25, 0.3) is 11.8 Å². The first-order chi connectivity index (χ1) is 12.6. The number of hydrogen-bond acceptors (Lipinski definition) is 5. The van der Waals surface area contributed by atoms with E-state index in [-0.39, 0.29) is 25.0 Å². The van der Waals surface area contributed by atoms with Gasteiger partial charge in [-0.1, -0.05) is 12.1 Å². The number of nitrogens with zero attached hydrogens (tertiary/aromatic N) is 1. The molecule has 0 radical (unpaired) electrons. The highest BCUT2D eigenvalue weighted by molar-refractivity contribution is 5.99. The van der Waals surface area contributed by atoms with Crippen LogP contribution >= 0.6 is 0 Å². The van der Waals surface area contributed by atoms with Gasteiger partial charge in [-0.15, -0.1) is 0 Å². The lowest BCUT2D eigenvalue weighted by atomic mass is 10.2. The molecule has 0 bridgehead atoms. The predicted octanol–water partition coefficient (Wildman–Crippen LogP) is 2.46. The molecule has 2 amide bonds. The smallest absolute Gasteiger partial charge is 0.265 e. The molecule has 0 aromatic heterocycles. The summed E-state index contributed by atoms with van der Waals surface area (Å²) in [7, 11) is 1.54. The second-order valence-electron chi connectivity index (χ2n) is 5.60. The zero-order valence-electron chi connectivity index (χ0n) is 14.7. The van der Waals surface area contributed by atoms with Crippen LogP contribution in [-0.4, -0.2) is 38.7 Å². The number of carbonyl (C=O) groups excluding carboxylic acids is 2. The van der Waals surface area contributed by atoms with E-state index >= 15 is 0 Å². The van der Waals surface area contributed by atoms with Crippen molar-refractivity contribution in [2.75, 3.05) is 37.1 Å². The standard InChI is InChI=1S/C19H20N2O5/c1-3-21-14-10-13(8-9-15(14)26-12-19(21)23)20-18(22)11-25-17-7-5-4-6-16(17)24-2/h4-10H,3,11-12H2,1-2H3,(H,20,22). The molecule has 0 aliphatic carbocycles. The lowest BCUT2D eigenvalue weighted by Gasteiger charge is -2.28. The average molecular weight is 356 g/mol.